The van der Waals surface area contributed by atoms with Crippen molar-refractivity contribution in [3.63, 3.8) is 0 Å². The van der Waals surface area contributed by atoms with Gasteiger partial charge in [-0.15, -0.1) is 0 Å². The smallest absolute Gasteiger partial charge is 0.124 e. The Morgan fingerprint density at radius 2 is 2.05 bits per heavy atom. The van der Waals surface area contributed by atoms with Crippen LogP contribution in [0.5, 0.6) is 5.75 Å². The molecular weight excluding hydrogens is 258 g/mol. The molecule has 2 nitrogen and oxygen atoms in total. The first-order valence-corrected chi connectivity index (χ1v) is 8.67. The summed E-state index contributed by atoms with van der Waals surface area (Å²) < 4.78 is 6.48. The fourth-order valence-corrected chi connectivity index (χ4v) is 3.83. The molecule has 1 atom stereocenters. The van der Waals surface area contributed by atoms with E-state index >= 15 is 0 Å². The normalized spacial score (nSPS) is 23.3. The number of aryl methyl sites for hydroxylation is 1. The fourth-order valence-electron chi connectivity index (χ4n) is 3.83. The van der Waals surface area contributed by atoms with Crippen molar-refractivity contribution in [1.29, 1.82) is 0 Å². The van der Waals surface area contributed by atoms with Gasteiger partial charge in [-0.05, 0) is 56.2 Å². The van der Waals surface area contributed by atoms with Gasteiger partial charge in [-0.3, -0.25) is 0 Å². The van der Waals surface area contributed by atoms with Crippen LogP contribution in [0.1, 0.15) is 70.0 Å². The second-order valence-corrected chi connectivity index (χ2v) is 7.28. The van der Waals surface area contributed by atoms with E-state index in [0.29, 0.717) is 12.0 Å². The number of ether oxygens (including phenoxy) is 1. The molecule has 0 bridgehead atoms. The number of nitrogens with one attached hydrogen (secondary N) is 1. The molecule has 1 N–H and O–H groups in total. The van der Waals surface area contributed by atoms with Crippen molar-refractivity contribution in [3.05, 3.63) is 29.3 Å². The number of hydrogen-bond donors (Lipinski definition) is 1. The number of benzene rings is 1. The van der Waals surface area contributed by atoms with Crippen molar-refractivity contribution in [2.24, 2.45) is 5.92 Å². The maximum atomic E-state index is 6.48. The van der Waals surface area contributed by atoms with E-state index in [0.717, 1.165) is 25.1 Å². The molecular formula is C19H29NO. The molecule has 1 unspecified atom stereocenters. The van der Waals surface area contributed by atoms with Crippen LogP contribution in [0.2, 0.25) is 0 Å². The Bertz CT molecular complexity index is 488. The van der Waals surface area contributed by atoms with Crippen molar-refractivity contribution in [3.8, 4) is 5.75 Å². The summed E-state index contributed by atoms with van der Waals surface area (Å²) in [5.74, 6) is 1.81. The molecule has 2 heteroatoms. The van der Waals surface area contributed by atoms with E-state index in [2.05, 4.69) is 44.3 Å². The van der Waals surface area contributed by atoms with E-state index in [4.69, 9.17) is 4.74 Å². The highest BCUT2D eigenvalue weighted by atomic mass is 16.5. The lowest BCUT2D eigenvalue weighted by Gasteiger charge is -2.41. The van der Waals surface area contributed by atoms with Crippen LogP contribution in [-0.4, -0.2) is 12.1 Å². The van der Waals surface area contributed by atoms with Crippen LogP contribution in [0.25, 0.3) is 0 Å². The second-order valence-electron chi connectivity index (χ2n) is 7.28. The highest BCUT2D eigenvalue weighted by molar-refractivity contribution is 5.42. The molecule has 0 aromatic heterocycles. The average molecular weight is 287 g/mol. The molecule has 1 fully saturated rings. The zero-order chi connectivity index (χ0) is 14.9. The van der Waals surface area contributed by atoms with Crippen LogP contribution >= 0.6 is 0 Å². The van der Waals surface area contributed by atoms with Gasteiger partial charge < -0.3 is 10.1 Å². The monoisotopic (exact) mass is 287 g/mol. The summed E-state index contributed by atoms with van der Waals surface area (Å²) in [6.45, 7) is 7.86. The van der Waals surface area contributed by atoms with Crippen LogP contribution < -0.4 is 10.1 Å². The van der Waals surface area contributed by atoms with Gasteiger partial charge in [0.1, 0.15) is 11.4 Å². The van der Waals surface area contributed by atoms with Crippen LogP contribution in [0.15, 0.2) is 18.2 Å². The largest absolute Gasteiger partial charge is 0.487 e. The Morgan fingerprint density at radius 1 is 1.29 bits per heavy atom. The molecule has 0 amide bonds. The summed E-state index contributed by atoms with van der Waals surface area (Å²) >= 11 is 0. The van der Waals surface area contributed by atoms with Gasteiger partial charge in [0.2, 0.25) is 0 Å². The van der Waals surface area contributed by atoms with E-state index in [1.807, 2.05) is 0 Å². The summed E-state index contributed by atoms with van der Waals surface area (Å²) in [6, 6.07) is 7.25. The summed E-state index contributed by atoms with van der Waals surface area (Å²) in [5.41, 5.74) is 2.90. The Hall–Kier alpha value is -1.02. The van der Waals surface area contributed by atoms with Gasteiger partial charge in [-0.25, -0.2) is 0 Å². The minimum absolute atomic E-state index is 0.107. The quantitative estimate of drug-likeness (QED) is 0.871. The average Bonchev–Trinajstić information content (AvgIpc) is 2.92. The predicted octanol–water partition coefficient (Wildman–Crippen LogP) is 4.63. The third kappa shape index (κ3) is 3.11. The van der Waals surface area contributed by atoms with Crippen LogP contribution in [0.4, 0.5) is 0 Å². The van der Waals surface area contributed by atoms with Gasteiger partial charge in [-0.1, -0.05) is 32.9 Å². The summed E-state index contributed by atoms with van der Waals surface area (Å²) in [6.07, 6.45) is 7.32. The third-order valence-electron chi connectivity index (χ3n) is 5.05. The Kier molecular flexibility index (Phi) is 4.26. The second kappa shape index (κ2) is 6.00. The molecule has 1 aromatic carbocycles. The highest BCUT2D eigenvalue weighted by Gasteiger charge is 2.42. The number of rotatable bonds is 4. The lowest BCUT2D eigenvalue weighted by Crippen LogP contribution is -2.42. The number of hydrogen-bond acceptors (Lipinski definition) is 2. The molecule has 1 aliphatic heterocycles. The van der Waals surface area contributed by atoms with Gasteiger partial charge in [0.25, 0.3) is 0 Å². The molecule has 0 saturated heterocycles. The van der Waals surface area contributed by atoms with E-state index in [-0.39, 0.29) is 5.60 Å². The zero-order valence-electron chi connectivity index (χ0n) is 13.7. The highest BCUT2D eigenvalue weighted by Crippen LogP contribution is 2.47. The Balaban J connectivity index is 1.89. The molecule has 3 rings (SSSR count). The van der Waals surface area contributed by atoms with Crippen molar-refractivity contribution in [1.82, 2.24) is 5.32 Å². The van der Waals surface area contributed by atoms with Crippen LogP contribution in [-0.2, 0) is 6.42 Å². The zero-order valence-corrected chi connectivity index (χ0v) is 13.7. The van der Waals surface area contributed by atoms with Crippen molar-refractivity contribution >= 4 is 0 Å². The summed E-state index contributed by atoms with van der Waals surface area (Å²) in [4.78, 5) is 0. The van der Waals surface area contributed by atoms with Crippen LogP contribution in [0, 0.1) is 5.92 Å². The molecule has 1 spiro atoms. The first kappa shape index (κ1) is 14.9. The van der Waals surface area contributed by atoms with Crippen molar-refractivity contribution in [2.45, 2.75) is 70.9 Å². The standard InChI is InChI=1S/C19H29NO/c1-4-15-7-8-18-16(11-15)17(20-13-14(2)3)12-19(21-18)9-5-6-10-19/h7-8,11,14,17,20H,4-6,9-10,12-13H2,1-3H3. The maximum absolute atomic E-state index is 6.48. The predicted molar refractivity (Wildman–Crippen MR) is 87.8 cm³/mol. The maximum Gasteiger partial charge on any atom is 0.124 e. The molecule has 21 heavy (non-hydrogen) atoms. The van der Waals surface area contributed by atoms with Gasteiger partial charge in [0.05, 0.1) is 0 Å². The first-order valence-electron chi connectivity index (χ1n) is 8.67. The topological polar surface area (TPSA) is 21.3 Å². The van der Waals surface area contributed by atoms with E-state index in [1.165, 1.54) is 36.8 Å². The van der Waals surface area contributed by atoms with Gasteiger partial charge >= 0.3 is 0 Å². The lowest BCUT2D eigenvalue weighted by molar-refractivity contribution is 0.0363. The molecule has 1 heterocycles. The molecule has 1 aromatic rings. The van der Waals surface area contributed by atoms with E-state index < -0.39 is 0 Å². The third-order valence-corrected chi connectivity index (χ3v) is 5.05. The molecule has 1 aliphatic carbocycles. The Morgan fingerprint density at radius 3 is 2.71 bits per heavy atom. The summed E-state index contributed by atoms with van der Waals surface area (Å²) in [5, 5.41) is 3.80. The van der Waals surface area contributed by atoms with Crippen molar-refractivity contribution in [2.75, 3.05) is 6.54 Å². The minimum Gasteiger partial charge on any atom is -0.487 e. The number of fused-ring (bicyclic) bond motifs is 1. The van der Waals surface area contributed by atoms with E-state index in [1.54, 1.807) is 0 Å². The van der Waals surface area contributed by atoms with Crippen LogP contribution in [0.3, 0.4) is 0 Å². The molecule has 1 saturated carbocycles. The summed E-state index contributed by atoms with van der Waals surface area (Å²) in [7, 11) is 0. The Labute approximate surface area is 129 Å². The SMILES string of the molecule is CCc1ccc2c(c1)C(NCC(C)C)CC1(CCCC1)O2. The van der Waals surface area contributed by atoms with Gasteiger partial charge in [0, 0.05) is 18.0 Å². The fraction of sp³-hybridized carbons (Fsp3) is 0.684. The molecule has 2 aliphatic rings. The van der Waals surface area contributed by atoms with Gasteiger partial charge in [0.15, 0.2) is 0 Å². The molecule has 116 valence electrons. The first-order chi connectivity index (χ1) is 10.1. The lowest BCUT2D eigenvalue weighted by atomic mass is 9.85. The van der Waals surface area contributed by atoms with E-state index in [9.17, 15) is 0 Å². The molecule has 0 radical (unpaired) electrons. The van der Waals surface area contributed by atoms with Crippen molar-refractivity contribution < 1.29 is 4.74 Å². The minimum atomic E-state index is 0.107. The van der Waals surface area contributed by atoms with Gasteiger partial charge in [-0.2, -0.15) is 0 Å².